The first-order chi connectivity index (χ1) is 20.5. The van der Waals surface area contributed by atoms with Gasteiger partial charge in [0.25, 0.3) is 0 Å². The number of hydrogen-bond donors (Lipinski definition) is 0. The molecule has 0 saturated heterocycles. The lowest BCUT2D eigenvalue weighted by Crippen LogP contribution is -2.43. The Morgan fingerprint density at radius 1 is 0.548 bits per heavy atom. The third kappa shape index (κ3) is 12.0. The Balaban J connectivity index is 1.73. The molecule has 42 heavy (non-hydrogen) atoms. The van der Waals surface area contributed by atoms with E-state index in [0.717, 1.165) is 16.7 Å². The number of carbonyl (C=O) groups excluding carboxylic acids is 3. The predicted molar refractivity (Wildman–Crippen MR) is 163 cm³/mol. The summed E-state index contributed by atoms with van der Waals surface area (Å²) < 4.78 is 22.3. The van der Waals surface area contributed by atoms with E-state index in [0.29, 0.717) is 0 Å². The monoisotopic (exact) mass is 566 g/mol. The fourth-order valence-corrected chi connectivity index (χ4v) is 3.61. The van der Waals surface area contributed by atoms with E-state index in [4.69, 9.17) is 18.9 Å². The van der Waals surface area contributed by atoms with Gasteiger partial charge in [0.1, 0.15) is 19.8 Å². The minimum absolute atomic E-state index is 0.0416. The summed E-state index contributed by atoms with van der Waals surface area (Å²) in [6.07, 6.45) is 10.3. The first kappa shape index (κ1) is 31.5. The maximum absolute atomic E-state index is 12.6. The first-order valence-corrected chi connectivity index (χ1v) is 13.4. The quantitative estimate of drug-likeness (QED) is 0.0697. The van der Waals surface area contributed by atoms with Crippen molar-refractivity contribution in [3.63, 3.8) is 0 Å². The number of carbonyl (C=O) groups is 3. The molecule has 0 radical (unpaired) electrons. The third-order valence-electron chi connectivity index (χ3n) is 5.84. The standard InChI is InChI=1S/C35H34O7/c1-2-24-39-25-35(26-40-32(36)21-18-29-12-6-3-7-13-29,27-41-33(37)22-19-30-14-8-4-9-15-30)28-42-34(38)23-20-31-16-10-5-11-17-31/h2-23H,1,24-28H2/b21-18+,22-19+,23-20+. The van der Waals surface area contributed by atoms with E-state index in [1.54, 1.807) is 24.3 Å². The van der Waals surface area contributed by atoms with Crippen LogP contribution in [0.3, 0.4) is 0 Å². The van der Waals surface area contributed by atoms with Crippen LogP contribution in [0.5, 0.6) is 0 Å². The second-order valence-electron chi connectivity index (χ2n) is 9.36. The molecule has 3 aromatic carbocycles. The van der Waals surface area contributed by atoms with Gasteiger partial charge in [0.05, 0.1) is 18.6 Å². The first-order valence-electron chi connectivity index (χ1n) is 13.4. The number of ether oxygens (including phenoxy) is 4. The highest BCUT2D eigenvalue weighted by molar-refractivity contribution is 5.88. The molecule has 0 fully saturated rings. The largest absolute Gasteiger partial charge is 0.462 e. The van der Waals surface area contributed by atoms with Crippen LogP contribution in [0, 0.1) is 5.41 Å². The van der Waals surface area contributed by atoms with E-state index in [1.807, 2.05) is 91.0 Å². The molecule has 0 N–H and O–H groups in total. The molecule has 0 aliphatic carbocycles. The fraction of sp³-hybridized carbons (Fsp3) is 0.171. The molecule has 0 aromatic heterocycles. The van der Waals surface area contributed by atoms with Gasteiger partial charge < -0.3 is 18.9 Å². The SMILES string of the molecule is C=CCOCC(COC(=O)/C=C/c1ccccc1)(COC(=O)/C=C/c1ccccc1)COC(=O)/C=C/c1ccccc1. The Labute approximate surface area is 246 Å². The van der Waals surface area contributed by atoms with Gasteiger partial charge in [-0.05, 0) is 34.9 Å². The molecule has 0 bridgehead atoms. The van der Waals surface area contributed by atoms with Gasteiger partial charge in [-0.1, -0.05) is 97.1 Å². The summed E-state index contributed by atoms with van der Waals surface area (Å²) >= 11 is 0. The lowest BCUT2D eigenvalue weighted by Gasteiger charge is -2.31. The smallest absolute Gasteiger partial charge is 0.330 e. The van der Waals surface area contributed by atoms with E-state index in [9.17, 15) is 14.4 Å². The van der Waals surface area contributed by atoms with Crippen molar-refractivity contribution in [1.29, 1.82) is 0 Å². The number of benzene rings is 3. The second-order valence-corrected chi connectivity index (χ2v) is 9.36. The molecule has 0 atom stereocenters. The average molecular weight is 567 g/mol. The highest BCUT2D eigenvalue weighted by Crippen LogP contribution is 2.22. The van der Waals surface area contributed by atoms with Gasteiger partial charge in [-0.2, -0.15) is 0 Å². The van der Waals surface area contributed by atoms with Crippen molar-refractivity contribution in [2.45, 2.75) is 0 Å². The van der Waals surface area contributed by atoms with Crippen LogP contribution in [-0.4, -0.2) is 50.9 Å². The highest BCUT2D eigenvalue weighted by atomic mass is 16.6. The van der Waals surface area contributed by atoms with Crippen molar-refractivity contribution in [2.75, 3.05) is 33.0 Å². The molecule has 3 rings (SSSR count). The summed E-state index contributed by atoms with van der Waals surface area (Å²) in [5, 5.41) is 0. The Morgan fingerprint density at radius 3 is 1.19 bits per heavy atom. The van der Waals surface area contributed by atoms with Crippen molar-refractivity contribution in [1.82, 2.24) is 0 Å². The molecule has 7 nitrogen and oxygen atoms in total. The number of rotatable bonds is 16. The zero-order chi connectivity index (χ0) is 29.9. The van der Waals surface area contributed by atoms with Crippen molar-refractivity contribution >= 4 is 36.1 Å². The molecular weight excluding hydrogens is 532 g/mol. The van der Waals surface area contributed by atoms with Crippen LogP contribution in [0.15, 0.2) is 122 Å². The van der Waals surface area contributed by atoms with Crippen LogP contribution in [0.4, 0.5) is 0 Å². The van der Waals surface area contributed by atoms with Crippen LogP contribution in [0.2, 0.25) is 0 Å². The maximum atomic E-state index is 12.6. The lowest BCUT2D eigenvalue weighted by molar-refractivity contribution is -0.160. The molecule has 3 aromatic rings. The maximum Gasteiger partial charge on any atom is 0.330 e. The van der Waals surface area contributed by atoms with Crippen LogP contribution >= 0.6 is 0 Å². The van der Waals surface area contributed by atoms with Gasteiger partial charge in [-0.15, -0.1) is 6.58 Å². The normalized spacial score (nSPS) is 11.5. The van der Waals surface area contributed by atoms with E-state index in [-0.39, 0.29) is 33.0 Å². The van der Waals surface area contributed by atoms with Crippen LogP contribution in [0.1, 0.15) is 16.7 Å². The van der Waals surface area contributed by atoms with Gasteiger partial charge in [0, 0.05) is 18.2 Å². The van der Waals surface area contributed by atoms with Gasteiger partial charge in [0.2, 0.25) is 0 Å². The molecule has 0 saturated carbocycles. The van der Waals surface area contributed by atoms with E-state index >= 15 is 0 Å². The van der Waals surface area contributed by atoms with Crippen LogP contribution < -0.4 is 0 Å². The summed E-state index contributed by atoms with van der Waals surface area (Å²) in [7, 11) is 0. The van der Waals surface area contributed by atoms with Gasteiger partial charge in [-0.3, -0.25) is 0 Å². The summed E-state index contributed by atoms with van der Waals surface area (Å²) in [5.74, 6) is -1.84. The number of esters is 3. The molecule has 0 aliphatic heterocycles. The van der Waals surface area contributed by atoms with E-state index < -0.39 is 23.3 Å². The Morgan fingerprint density at radius 2 is 0.881 bits per heavy atom. The molecule has 7 heteroatoms. The topological polar surface area (TPSA) is 88.1 Å². The van der Waals surface area contributed by atoms with E-state index in [2.05, 4.69) is 6.58 Å². The second kappa shape index (κ2) is 17.6. The number of hydrogen-bond acceptors (Lipinski definition) is 7. The van der Waals surface area contributed by atoms with Gasteiger partial charge in [-0.25, -0.2) is 14.4 Å². The molecule has 0 heterocycles. The molecule has 0 spiro atoms. The fourth-order valence-electron chi connectivity index (χ4n) is 3.61. The van der Waals surface area contributed by atoms with Crippen LogP contribution in [-0.2, 0) is 33.3 Å². The summed E-state index contributed by atoms with van der Waals surface area (Å²) in [6.45, 7) is 3.07. The molecule has 0 unspecified atom stereocenters. The Kier molecular flexibility index (Phi) is 13.2. The predicted octanol–water partition coefficient (Wildman–Crippen LogP) is 5.95. The van der Waals surface area contributed by atoms with Gasteiger partial charge in [0.15, 0.2) is 0 Å². The van der Waals surface area contributed by atoms with Crippen molar-refractivity contribution in [3.8, 4) is 0 Å². The Bertz CT molecular complexity index is 1200. The van der Waals surface area contributed by atoms with Gasteiger partial charge >= 0.3 is 17.9 Å². The lowest BCUT2D eigenvalue weighted by atomic mass is 9.92. The summed E-state index contributed by atoms with van der Waals surface area (Å²) in [4.78, 5) is 37.8. The summed E-state index contributed by atoms with van der Waals surface area (Å²) in [6, 6.07) is 27.9. The van der Waals surface area contributed by atoms with Crippen molar-refractivity contribution < 1.29 is 33.3 Å². The van der Waals surface area contributed by atoms with Crippen molar-refractivity contribution in [2.24, 2.45) is 5.41 Å². The zero-order valence-corrected chi connectivity index (χ0v) is 23.3. The van der Waals surface area contributed by atoms with Crippen molar-refractivity contribution in [3.05, 3.63) is 139 Å². The highest BCUT2D eigenvalue weighted by Gasteiger charge is 2.36. The minimum atomic E-state index is -1.19. The minimum Gasteiger partial charge on any atom is -0.462 e. The molecular formula is C35H34O7. The summed E-state index contributed by atoms with van der Waals surface area (Å²) in [5.41, 5.74) is 1.29. The molecule has 0 aliphatic rings. The van der Waals surface area contributed by atoms with E-state index in [1.165, 1.54) is 18.2 Å². The average Bonchev–Trinajstić information content (AvgIpc) is 3.04. The molecule has 216 valence electrons. The zero-order valence-electron chi connectivity index (χ0n) is 23.3. The third-order valence-corrected chi connectivity index (χ3v) is 5.84. The Hall–Kier alpha value is -5.01. The molecule has 0 amide bonds. The van der Waals surface area contributed by atoms with Crippen LogP contribution in [0.25, 0.3) is 18.2 Å².